The molecule has 0 saturated heterocycles. The van der Waals surface area contributed by atoms with Crippen molar-refractivity contribution in [1.29, 1.82) is 0 Å². The first kappa shape index (κ1) is 16.7. The van der Waals surface area contributed by atoms with Crippen LogP contribution in [-0.2, 0) is 6.42 Å². The topological polar surface area (TPSA) is 27.7 Å². The van der Waals surface area contributed by atoms with E-state index in [0.29, 0.717) is 6.61 Å². The molecule has 0 bridgehead atoms. The third-order valence-corrected chi connectivity index (χ3v) is 2.89. The Morgan fingerprint density at radius 3 is 1.55 bits per heavy atom. The highest BCUT2D eigenvalue weighted by Gasteiger charge is 2.13. The van der Waals surface area contributed by atoms with Crippen molar-refractivity contribution in [3.05, 3.63) is 17.7 Å². The Bertz CT molecular complexity index is 359. The summed E-state index contributed by atoms with van der Waals surface area (Å²) >= 11 is 0. The highest BCUT2D eigenvalue weighted by Crippen LogP contribution is 2.35. The molecule has 0 spiro atoms. The Kier molecular flexibility index (Phi) is 7.93. The molecule has 0 aliphatic rings. The molecule has 0 saturated carbocycles. The molecule has 0 fully saturated rings. The summed E-state index contributed by atoms with van der Waals surface area (Å²) in [4.78, 5) is 0. The van der Waals surface area contributed by atoms with Crippen LogP contribution >= 0.6 is 0 Å². The largest absolute Gasteiger partial charge is 0.493 e. The molecule has 0 aromatic heterocycles. The van der Waals surface area contributed by atoms with Crippen molar-refractivity contribution >= 4 is 0 Å². The molecule has 0 radical (unpaired) electrons. The molecule has 0 heterocycles. The molecule has 114 valence electrons. The molecule has 1 rings (SSSR count). The molecular formula is C17H28O3. The normalized spacial score (nSPS) is 10.4. The molecule has 1 aromatic carbocycles. The van der Waals surface area contributed by atoms with E-state index >= 15 is 0 Å². The van der Waals surface area contributed by atoms with E-state index in [4.69, 9.17) is 14.2 Å². The predicted molar refractivity (Wildman–Crippen MR) is 83.2 cm³/mol. The Hall–Kier alpha value is -1.38. The molecule has 0 atom stereocenters. The summed E-state index contributed by atoms with van der Waals surface area (Å²) in [5.41, 5.74) is 1.13. The fourth-order valence-corrected chi connectivity index (χ4v) is 1.93. The summed E-state index contributed by atoms with van der Waals surface area (Å²) < 4.78 is 17.5. The van der Waals surface area contributed by atoms with E-state index in [1.807, 2.05) is 12.1 Å². The highest BCUT2D eigenvalue weighted by atomic mass is 16.5. The van der Waals surface area contributed by atoms with Crippen molar-refractivity contribution in [3.8, 4) is 17.2 Å². The lowest BCUT2D eigenvalue weighted by Gasteiger charge is -2.17. The molecular weight excluding hydrogens is 252 g/mol. The zero-order valence-electron chi connectivity index (χ0n) is 13.3. The number of hydrogen-bond donors (Lipinski definition) is 0. The quantitative estimate of drug-likeness (QED) is 0.626. The molecule has 1 aromatic rings. The second-order valence-electron chi connectivity index (χ2n) is 4.80. The first-order valence-corrected chi connectivity index (χ1v) is 7.82. The van der Waals surface area contributed by atoms with Gasteiger partial charge in [0.05, 0.1) is 19.8 Å². The van der Waals surface area contributed by atoms with E-state index < -0.39 is 0 Å². The Balaban J connectivity index is 3.02. The maximum atomic E-state index is 5.86. The second-order valence-corrected chi connectivity index (χ2v) is 4.80. The van der Waals surface area contributed by atoms with E-state index in [-0.39, 0.29) is 0 Å². The van der Waals surface area contributed by atoms with Gasteiger partial charge in [-0.3, -0.25) is 0 Å². The van der Waals surface area contributed by atoms with E-state index in [2.05, 4.69) is 27.7 Å². The standard InChI is InChI=1S/C17H28O3/c1-5-9-18-14-12-16(19-10-6-2)15(8-4)17(13-14)20-11-7-3/h12-13H,5-11H2,1-4H3. The van der Waals surface area contributed by atoms with Gasteiger partial charge >= 0.3 is 0 Å². The highest BCUT2D eigenvalue weighted by molar-refractivity contribution is 5.50. The first-order chi connectivity index (χ1) is 9.76. The predicted octanol–water partition coefficient (Wildman–Crippen LogP) is 4.62. The molecule has 3 nitrogen and oxygen atoms in total. The minimum absolute atomic E-state index is 0.714. The Labute approximate surface area is 123 Å². The van der Waals surface area contributed by atoms with Crippen LogP contribution in [0.3, 0.4) is 0 Å². The summed E-state index contributed by atoms with van der Waals surface area (Å²) in [5.74, 6) is 2.63. The Morgan fingerprint density at radius 1 is 0.700 bits per heavy atom. The van der Waals surface area contributed by atoms with Gasteiger partial charge in [-0.1, -0.05) is 27.7 Å². The fourth-order valence-electron chi connectivity index (χ4n) is 1.93. The van der Waals surface area contributed by atoms with E-state index in [1.54, 1.807) is 0 Å². The van der Waals surface area contributed by atoms with Crippen molar-refractivity contribution in [2.45, 2.75) is 53.4 Å². The van der Waals surface area contributed by atoms with Gasteiger partial charge in [0.25, 0.3) is 0 Å². The average Bonchev–Trinajstić information content (AvgIpc) is 2.48. The first-order valence-electron chi connectivity index (χ1n) is 7.82. The maximum Gasteiger partial charge on any atom is 0.129 e. The van der Waals surface area contributed by atoms with Gasteiger partial charge in [0.2, 0.25) is 0 Å². The SMILES string of the molecule is CCCOc1cc(OCCC)c(CC)c(OCCC)c1. The van der Waals surface area contributed by atoms with E-state index in [9.17, 15) is 0 Å². The maximum absolute atomic E-state index is 5.86. The van der Waals surface area contributed by atoms with Gasteiger partial charge in [0.15, 0.2) is 0 Å². The van der Waals surface area contributed by atoms with Crippen molar-refractivity contribution in [3.63, 3.8) is 0 Å². The summed E-state index contributed by atoms with van der Waals surface area (Å²) in [6, 6.07) is 3.98. The van der Waals surface area contributed by atoms with Crippen LogP contribution in [0.25, 0.3) is 0 Å². The number of ether oxygens (including phenoxy) is 3. The van der Waals surface area contributed by atoms with Crippen LogP contribution in [0.1, 0.15) is 52.5 Å². The molecule has 0 N–H and O–H groups in total. The monoisotopic (exact) mass is 280 g/mol. The smallest absolute Gasteiger partial charge is 0.129 e. The molecule has 3 heteroatoms. The van der Waals surface area contributed by atoms with Gasteiger partial charge in [0.1, 0.15) is 17.2 Å². The molecule has 0 aliphatic heterocycles. The van der Waals surface area contributed by atoms with Gasteiger partial charge in [-0.2, -0.15) is 0 Å². The minimum Gasteiger partial charge on any atom is -0.493 e. The summed E-state index contributed by atoms with van der Waals surface area (Å²) in [6.45, 7) is 10.6. The minimum atomic E-state index is 0.714. The van der Waals surface area contributed by atoms with Crippen LogP contribution < -0.4 is 14.2 Å². The van der Waals surface area contributed by atoms with Gasteiger partial charge in [-0.15, -0.1) is 0 Å². The molecule has 0 amide bonds. The number of benzene rings is 1. The lowest BCUT2D eigenvalue weighted by Crippen LogP contribution is -2.05. The molecule has 20 heavy (non-hydrogen) atoms. The van der Waals surface area contributed by atoms with Crippen LogP contribution in [0.15, 0.2) is 12.1 Å². The third kappa shape index (κ3) is 4.95. The van der Waals surface area contributed by atoms with Gasteiger partial charge in [-0.25, -0.2) is 0 Å². The van der Waals surface area contributed by atoms with Crippen LogP contribution in [0.5, 0.6) is 17.2 Å². The average molecular weight is 280 g/mol. The van der Waals surface area contributed by atoms with Gasteiger partial charge < -0.3 is 14.2 Å². The van der Waals surface area contributed by atoms with Crippen molar-refractivity contribution < 1.29 is 14.2 Å². The summed E-state index contributed by atoms with van der Waals surface area (Å²) in [7, 11) is 0. The number of rotatable bonds is 10. The fraction of sp³-hybridized carbons (Fsp3) is 0.647. The van der Waals surface area contributed by atoms with E-state index in [0.717, 1.165) is 61.7 Å². The Morgan fingerprint density at radius 2 is 1.15 bits per heavy atom. The molecule has 0 unspecified atom stereocenters. The lowest BCUT2D eigenvalue weighted by molar-refractivity contribution is 0.282. The zero-order chi connectivity index (χ0) is 14.8. The second kappa shape index (κ2) is 9.51. The van der Waals surface area contributed by atoms with Gasteiger partial charge in [0, 0.05) is 17.7 Å². The van der Waals surface area contributed by atoms with Gasteiger partial charge in [-0.05, 0) is 25.7 Å². The lowest BCUT2D eigenvalue weighted by atomic mass is 10.1. The van der Waals surface area contributed by atoms with E-state index in [1.165, 1.54) is 0 Å². The van der Waals surface area contributed by atoms with Crippen molar-refractivity contribution in [2.75, 3.05) is 19.8 Å². The van der Waals surface area contributed by atoms with Crippen molar-refractivity contribution in [1.82, 2.24) is 0 Å². The summed E-state index contributed by atoms with van der Waals surface area (Å²) in [5, 5.41) is 0. The molecule has 0 aliphatic carbocycles. The van der Waals surface area contributed by atoms with Crippen LogP contribution in [0, 0.1) is 0 Å². The van der Waals surface area contributed by atoms with Crippen LogP contribution in [0.4, 0.5) is 0 Å². The van der Waals surface area contributed by atoms with Crippen LogP contribution in [-0.4, -0.2) is 19.8 Å². The zero-order valence-corrected chi connectivity index (χ0v) is 13.3. The number of hydrogen-bond acceptors (Lipinski definition) is 3. The van der Waals surface area contributed by atoms with Crippen molar-refractivity contribution in [2.24, 2.45) is 0 Å². The third-order valence-electron chi connectivity index (χ3n) is 2.89. The summed E-state index contributed by atoms with van der Waals surface area (Å²) in [6.07, 6.45) is 3.88. The van der Waals surface area contributed by atoms with Crippen LogP contribution in [0.2, 0.25) is 0 Å².